The lowest BCUT2D eigenvalue weighted by Gasteiger charge is -2.21. The molecule has 8 heteroatoms. The van der Waals surface area contributed by atoms with Gasteiger partial charge in [0.15, 0.2) is 11.5 Å². The van der Waals surface area contributed by atoms with Crippen molar-refractivity contribution in [2.45, 2.75) is 45.8 Å². The van der Waals surface area contributed by atoms with E-state index in [4.69, 9.17) is 19.9 Å². The summed E-state index contributed by atoms with van der Waals surface area (Å²) in [6, 6.07) is 9.54. The highest BCUT2D eigenvalue weighted by molar-refractivity contribution is 5.92. The van der Waals surface area contributed by atoms with Crippen LogP contribution in [0, 0.1) is 6.92 Å². The predicted octanol–water partition coefficient (Wildman–Crippen LogP) is 4.04. The average Bonchev–Trinajstić information content (AvgIpc) is 2.72. The molecule has 4 N–H and O–H groups in total. The molecule has 1 heterocycles. The third kappa shape index (κ3) is 6.46. The quantitative estimate of drug-likeness (QED) is 0.311. The molecule has 0 aliphatic carbocycles. The van der Waals surface area contributed by atoms with Crippen LogP contribution in [-0.2, 0) is 11.2 Å². The van der Waals surface area contributed by atoms with Crippen molar-refractivity contribution in [1.82, 2.24) is 9.97 Å². The van der Waals surface area contributed by atoms with Crippen LogP contribution >= 0.6 is 0 Å². The molecule has 0 saturated heterocycles. The van der Waals surface area contributed by atoms with Gasteiger partial charge in [0.25, 0.3) is 0 Å². The van der Waals surface area contributed by atoms with Gasteiger partial charge in [-0.15, -0.1) is 0 Å². The van der Waals surface area contributed by atoms with Crippen LogP contribution in [0.5, 0.6) is 11.5 Å². The fourth-order valence-corrected chi connectivity index (χ4v) is 3.76. The zero-order chi connectivity index (χ0) is 24.2. The minimum absolute atomic E-state index is 0.0912. The van der Waals surface area contributed by atoms with Gasteiger partial charge in [0.1, 0.15) is 18.2 Å². The molecule has 0 amide bonds. The summed E-state index contributed by atoms with van der Waals surface area (Å²) in [6.45, 7) is 8.34. The van der Waals surface area contributed by atoms with E-state index in [2.05, 4.69) is 21.4 Å². The molecule has 3 aromatic rings. The second-order valence-corrected chi connectivity index (χ2v) is 8.84. The topological polar surface area (TPSA) is 112 Å². The second kappa shape index (κ2) is 10.2. The van der Waals surface area contributed by atoms with E-state index >= 15 is 0 Å². The molecular formula is C25H34N4O4. The normalized spacial score (nSPS) is 12.6. The molecule has 178 valence electrons. The van der Waals surface area contributed by atoms with Crippen molar-refractivity contribution >= 4 is 22.4 Å². The molecule has 1 aromatic heterocycles. The van der Waals surface area contributed by atoms with Crippen molar-refractivity contribution in [3.8, 4) is 11.5 Å². The number of fused-ring (bicyclic) bond motifs is 1. The average molecular weight is 455 g/mol. The van der Waals surface area contributed by atoms with E-state index in [9.17, 15) is 5.11 Å². The van der Waals surface area contributed by atoms with Crippen LogP contribution < -0.4 is 20.5 Å². The minimum Gasteiger partial charge on any atom is -0.493 e. The van der Waals surface area contributed by atoms with Crippen LogP contribution in [-0.4, -0.2) is 48.1 Å². The van der Waals surface area contributed by atoms with Crippen molar-refractivity contribution in [1.29, 1.82) is 0 Å². The van der Waals surface area contributed by atoms with E-state index in [0.29, 0.717) is 48.5 Å². The Morgan fingerprint density at radius 3 is 2.48 bits per heavy atom. The number of nitrogens with zero attached hydrogens (tertiary/aromatic N) is 2. The number of aryl methyl sites for hydroxylation is 1. The standard InChI is InChI=1S/C25H34N4O4/c1-15(18-9-17(10-19(26)11-18)14-25(3,4)30)27-24-20-12-23(33-8-7-31-5)22(32-6)13-21(20)28-16(2)29-24/h9-13,15,30H,7-8,14,26H2,1-6H3,(H,27,28,29). The Hall–Kier alpha value is -3.10. The van der Waals surface area contributed by atoms with Crippen LogP contribution in [0.3, 0.4) is 0 Å². The molecule has 8 nitrogen and oxygen atoms in total. The number of methoxy groups -OCH3 is 2. The molecule has 0 radical (unpaired) electrons. The minimum atomic E-state index is -0.819. The largest absolute Gasteiger partial charge is 0.493 e. The Balaban J connectivity index is 1.97. The summed E-state index contributed by atoms with van der Waals surface area (Å²) in [5.41, 5.74) is 8.73. The third-order valence-electron chi connectivity index (χ3n) is 5.17. The summed E-state index contributed by atoms with van der Waals surface area (Å²) >= 11 is 0. The number of aliphatic hydroxyl groups is 1. The summed E-state index contributed by atoms with van der Waals surface area (Å²) in [5, 5.41) is 14.5. The highest BCUT2D eigenvalue weighted by Crippen LogP contribution is 2.35. The highest BCUT2D eigenvalue weighted by Gasteiger charge is 2.18. The van der Waals surface area contributed by atoms with E-state index in [1.165, 1.54) is 0 Å². The number of hydrogen-bond acceptors (Lipinski definition) is 8. The smallest absolute Gasteiger partial charge is 0.162 e. The molecule has 33 heavy (non-hydrogen) atoms. The highest BCUT2D eigenvalue weighted by atomic mass is 16.5. The first-order chi connectivity index (χ1) is 15.6. The van der Waals surface area contributed by atoms with Crippen LogP contribution in [0.2, 0.25) is 0 Å². The number of benzene rings is 2. The maximum absolute atomic E-state index is 10.2. The lowest BCUT2D eigenvalue weighted by molar-refractivity contribution is 0.0810. The number of anilines is 2. The number of rotatable bonds is 10. The van der Waals surface area contributed by atoms with Crippen molar-refractivity contribution in [3.63, 3.8) is 0 Å². The van der Waals surface area contributed by atoms with Gasteiger partial charge >= 0.3 is 0 Å². The van der Waals surface area contributed by atoms with Gasteiger partial charge in [-0.1, -0.05) is 6.07 Å². The van der Waals surface area contributed by atoms with Gasteiger partial charge in [0, 0.05) is 30.7 Å². The molecule has 3 rings (SSSR count). The van der Waals surface area contributed by atoms with Crippen LogP contribution in [0.15, 0.2) is 30.3 Å². The van der Waals surface area contributed by atoms with Gasteiger partial charge in [0.2, 0.25) is 0 Å². The summed E-state index contributed by atoms with van der Waals surface area (Å²) in [7, 11) is 3.23. The predicted molar refractivity (Wildman–Crippen MR) is 131 cm³/mol. The zero-order valence-corrected chi connectivity index (χ0v) is 20.2. The Kier molecular flexibility index (Phi) is 7.61. The fraction of sp³-hybridized carbons (Fsp3) is 0.440. The summed E-state index contributed by atoms with van der Waals surface area (Å²) in [6.07, 6.45) is 0.509. The van der Waals surface area contributed by atoms with E-state index in [-0.39, 0.29) is 6.04 Å². The number of ether oxygens (including phenoxy) is 3. The Morgan fingerprint density at radius 1 is 1.06 bits per heavy atom. The van der Waals surface area contributed by atoms with Gasteiger partial charge < -0.3 is 30.4 Å². The van der Waals surface area contributed by atoms with Crippen molar-refractivity contribution in [2.24, 2.45) is 0 Å². The third-order valence-corrected chi connectivity index (χ3v) is 5.17. The monoisotopic (exact) mass is 454 g/mol. The summed E-state index contributed by atoms with van der Waals surface area (Å²) in [4.78, 5) is 9.22. The SMILES string of the molecule is COCCOc1cc2c(NC(C)c3cc(N)cc(CC(C)(C)O)c3)nc(C)nc2cc1OC. The summed E-state index contributed by atoms with van der Waals surface area (Å²) in [5.74, 6) is 2.53. The Bertz CT molecular complexity index is 1110. The van der Waals surface area contributed by atoms with Crippen molar-refractivity contribution in [2.75, 3.05) is 38.5 Å². The molecule has 0 saturated carbocycles. The molecule has 1 atom stereocenters. The number of hydrogen-bond donors (Lipinski definition) is 3. The number of nitrogens with one attached hydrogen (secondary N) is 1. The van der Waals surface area contributed by atoms with E-state index in [1.807, 2.05) is 38.1 Å². The van der Waals surface area contributed by atoms with Gasteiger partial charge in [-0.05, 0) is 57.0 Å². The lowest BCUT2D eigenvalue weighted by atomic mass is 9.95. The Morgan fingerprint density at radius 2 is 1.82 bits per heavy atom. The first-order valence-electron chi connectivity index (χ1n) is 11.0. The molecular weight excluding hydrogens is 420 g/mol. The molecule has 0 spiro atoms. The molecule has 0 aliphatic heterocycles. The van der Waals surface area contributed by atoms with E-state index in [1.54, 1.807) is 28.1 Å². The van der Waals surface area contributed by atoms with E-state index < -0.39 is 5.60 Å². The molecule has 1 unspecified atom stereocenters. The molecule has 0 aliphatic rings. The van der Waals surface area contributed by atoms with Crippen LogP contribution in [0.1, 0.15) is 43.8 Å². The van der Waals surface area contributed by atoms with Gasteiger partial charge in [-0.25, -0.2) is 9.97 Å². The fourth-order valence-electron chi connectivity index (χ4n) is 3.76. The molecule has 2 aromatic carbocycles. The number of nitrogens with two attached hydrogens (primary N) is 1. The molecule has 0 fully saturated rings. The first-order valence-corrected chi connectivity index (χ1v) is 11.0. The van der Waals surface area contributed by atoms with Crippen LogP contribution in [0.25, 0.3) is 10.9 Å². The summed E-state index contributed by atoms with van der Waals surface area (Å²) < 4.78 is 16.4. The van der Waals surface area contributed by atoms with E-state index in [0.717, 1.165) is 22.0 Å². The van der Waals surface area contributed by atoms with Gasteiger partial charge in [0.05, 0.1) is 30.9 Å². The maximum atomic E-state index is 10.2. The van der Waals surface area contributed by atoms with Crippen LogP contribution in [0.4, 0.5) is 11.5 Å². The van der Waals surface area contributed by atoms with Crippen molar-refractivity contribution in [3.05, 3.63) is 47.3 Å². The number of aromatic nitrogens is 2. The second-order valence-electron chi connectivity index (χ2n) is 8.84. The van der Waals surface area contributed by atoms with Gasteiger partial charge in [-0.3, -0.25) is 0 Å². The Labute approximate surface area is 195 Å². The zero-order valence-electron chi connectivity index (χ0n) is 20.2. The van der Waals surface area contributed by atoms with Crippen molar-refractivity contribution < 1.29 is 19.3 Å². The van der Waals surface area contributed by atoms with Gasteiger partial charge in [-0.2, -0.15) is 0 Å². The number of nitrogen functional groups attached to an aromatic ring is 1. The first kappa shape index (κ1) is 24.5. The lowest BCUT2D eigenvalue weighted by Crippen LogP contribution is -2.22. The maximum Gasteiger partial charge on any atom is 0.162 e. The molecule has 0 bridgehead atoms.